The molecule has 0 fully saturated rings. The zero-order valence-corrected chi connectivity index (χ0v) is 15.5. The fraction of sp³-hybridized carbons (Fsp3) is 0.368. The minimum atomic E-state index is 0. The smallest absolute Gasteiger partial charge is 0.165 e. The first-order valence-corrected chi connectivity index (χ1v) is 8.05. The third kappa shape index (κ3) is 4.30. The van der Waals surface area contributed by atoms with Gasteiger partial charge in [0.05, 0.1) is 14.2 Å². The molecule has 5 nitrogen and oxygen atoms in total. The average Bonchev–Trinajstić information content (AvgIpc) is 2.65. The highest BCUT2D eigenvalue weighted by atomic mass is 35.5. The second kappa shape index (κ2) is 8.83. The van der Waals surface area contributed by atoms with Gasteiger partial charge in [-0.2, -0.15) is 0 Å². The van der Waals surface area contributed by atoms with Crippen molar-refractivity contribution >= 4 is 12.4 Å². The molecule has 0 bridgehead atoms. The molecular weight excluding hydrogens is 342 g/mol. The number of fused-ring (bicyclic) bond motifs is 1. The zero-order chi connectivity index (χ0) is 16.9. The summed E-state index contributed by atoms with van der Waals surface area (Å²) >= 11 is 0. The zero-order valence-electron chi connectivity index (χ0n) is 14.7. The van der Waals surface area contributed by atoms with E-state index in [2.05, 4.69) is 18.3 Å². The molecule has 0 aromatic heterocycles. The summed E-state index contributed by atoms with van der Waals surface area (Å²) in [5.41, 5.74) is 2.17. The van der Waals surface area contributed by atoms with Crippen LogP contribution in [0.2, 0.25) is 0 Å². The number of methoxy groups -OCH3 is 2. The number of ether oxygens (including phenoxy) is 4. The third-order valence-corrected chi connectivity index (χ3v) is 4.15. The predicted octanol–water partition coefficient (Wildman–Crippen LogP) is 3.75. The second-order valence-corrected chi connectivity index (χ2v) is 5.65. The summed E-state index contributed by atoms with van der Waals surface area (Å²) in [5, 5.41) is 3.52. The van der Waals surface area contributed by atoms with Gasteiger partial charge in [0.15, 0.2) is 11.5 Å². The van der Waals surface area contributed by atoms with Crippen LogP contribution in [0.25, 0.3) is 0 Å². The van der Waals surface area contributed by atoms with Crippen molar-refractivity contribution in [3.8, 4) is 23.0 Å². The summed E-state index contributed by atoms with van der Waals surface area (Å²) in [4.78, 5) is 0. The Bertz CT molecular complexity index is 708. The minimum absolute atomic E-state index is 0. The van der Waals surface area contributed by atoms with Gasteiger partial charge in [0.25, 0.3) is 0 Å². The van der Waals surface area contributed by atoms with Crippen LogP contribution in [0.15, 0.2) is 36.4 Å². The van der Waals surface area contributed by atoms with Crippen molar-refractivity contribution in [3.05, 3.63) is 47.5 Å². The summed E-state index contributed by atoms with van der Waals surface area (Å²) in [7, 11) is 3.32. The van der Waals surface area contributed by atoms with Crippen molar-refractivity contribution in [2.75, 3.05) is 27.4 Å². The fourth-order valence-electron chi connectivity index (χ4n) is 2.82. The lowest BCUT2D eigenvalue weighted by molar-refractivity contribution is 0.169. The van der Waals surface area contributed by atoms with Crippen molar-refractivity contribution in [2.45, 2.75) is 19.5 Å². The first kappa shape index (κ1) is 19.2. The predicted molar refractivity (Wildman–Crippen MR) is 99.5 cm³/mol. The Morgan fingerprint density at radius 1 is 1.08 bits per heavy atom. The van der Waals surface area contributed by atoms with E-state index in [0.717, 1.165) is 34.1 Å². The van der Waals surface area contributed by atoms with E-state index in [1.54, 1.807) is 14.2 Å². The van der Waals surface area contributed by atoms with Gasteiger partial charge in [0.1, 0.15) is 24.7 Å². The maximum Gasteiger partial charge on any atom is 0.165 e. The Morgan fingerprint density at radius 2 is 1.88 bits per heavy atom. The van der Waals surface area contributed by atoms with Gasteiger partial charge >= 0.3 is 0 Å². The molecule has 0 aliphatic carbocycles. The Balaban J connectivity index is 0.00000225. The number of para-hydroxylation sites is 1. The van der Waals surface area contributed by atoms with E-state index < -0.39 is 0 Å². The average molecular weight is 366 g/mol. The first-order valence-electron chi connectivity index (χ1n) is 8.05. The van der Waals surface area contributed by atoms with Gasteiger partial charge in [0.2, 0.25) is 0 Å². The molecule has 25 heavy (non-hydrogen) atoms. The molecule has 0 amide bonds. The molecule has 6 heteroatoms. The standard InChI is InChI=1S/C19H23NO4.ClH/c1-13(16-8-7-15(21-2)11-18(16)22-3)20-12-14-5-4-6-17-19(14)24-10-9-23-17;/h4-8,11,13,20H,9-10,12H2,1-3H3;1H. The highest BCUT2D eigenvalue weighted by Crippen LogP contribution is 2.34. The van der Waals surface area contributed by atoms with Crippen LogP contribution in [0.1, 0.15) is 24.1 Å². The van der Waals surface area contributed by atoms with Crippen LogP contribution in [0.5, 0.6) is 23.0 Å². The molecule has 3 rings (SSSR count). The number of hydrogen-bond acceptors (Lipinski definition) is 5. The fourth-order valence-corrected chi connectivity index (χ4v) is 2.82. The summed E-state index contributed by atoms with van der Waals surface area (Å²) in [6, 6.07) is 12.0. The van der Waals surface area contributed by atoms with Crippen LogP contribution in [0.4, 0.5) is 0 Å². The summed E-state index contributed by atoms with van der Waals surface area (Å²) < 4.78 is 22.1. The molecule has 1 aliphatic rings. The summed E-state index contributed by atoms with van der Waals surface area (Å²) in [6.45, 7) is 3.98. The summed E-state index contributed by atoms with van der Waals surface area (Å²) in [6.07, 6.45) is 0. The number of rotatable bonds is 6. The van der Waals surface area contributed by atoms with Gasteiger partial charge in [-0.1, -0.05) is 18.2 Å². The van der Waals surface area contributed by atoms with Crippen LogP contribution in [0.3, 0.4) is 0 Å². The lowest BCUT2D eigenvalue weighted by atomic mass is 10.1. The lowest BCUT2D eigenvalue weighted by Gasteiger charge is -2.22. The monoisotopic (exact) mass is 365 g/mol. The molecule has 2 aromatic rings. The number of benzene rings is 2. The molecule has 1 unspecified atom stereocenters. The molecule has 0 spiro atoms. The first-order chi connectivity index (χ1) is 11.7. The summed E-state index contributed by atoms with van der Waals surface area (Å²) in [5.74, 6) is 3.25. The van der Waals surface area contributed by atoms with E-state index in [9.17, 15) is 0 Å². The van der Waals surface area contributed by atoms with Crippen LogP contribution >= 0.6 is 12.4 Å². The van der Waals surface area contributed by atoms with Crippen molar-refractivity contribution < 1.29 is 18.9 Å². The van der Waals surface area contributed by atoms with Crippen LogP contribution in [0, 0.1) is 0 Å². The number of halogens is 1. The van der Waals surface area contributed by atoms with E-state index in [1.165, 1.54) is 0 Å². The van der Waals surface area contributed by atoms with Gasteiger partial charge in [-0.15, -0.1) is 12.4 Å². The Hall–Kier alpha value is -2.11. The van der Waals surface area contributed by atoms with Gasteiger partial charge in [-0.3, -0.25) is 0 Å². The Kier molecular flexibility index (Phi) is 6.79. The molecule has 1 aliphatic heterocycles. The third-order valence-electron chi connectivity index (χ3n) is 4.15. The van der Waals surface area contributed by atoms with E-state index >= 15 is 0 Å². The van der Waals surface area contributed by atoms with E-state index in [1.807, 2.05) is 30.3 Å². The van der Waals surface area contributed by atoms with Crippen LogP contribution in [-0.4, -0.2) is 27.4 Å². The van der Waals surface area contributed by atoms with Crippen molar-refractivity contribution in [1.29, 1.82) is 0 Å². The van der Waals surface area contributed by atoms with Crippen molar-refractivity contribution in [1.82, 2.24) is 5.32 Å². The van der Waals surface area contributed by atoms with E-state index in [0.29, 0.717) is 19.8 Å². The SMILES string of the molecule is COc1ccc(C(C)NCc2cccc3c2OCCO3)c(OC)c1.Cl. The van der Waals surface area contributed by atoms with Gasteiger partial charge < -0.3 is 24.3 Å². The van der Waals surface area contributed by atoms with Crippen molar-refractivity contribution in [3.63, 3.8) is 0 Å². The van der Waals surface area contributed by atoms with E-state index in [4.69, 9.17) is 18.9 Å². The molecule has 0 radical (unpaired) electrons. The normalized spacial score (nSPS) is 13.6. The van der Waals surface area contributed by atoms with Crippen LogP contribution in [-0.2, 0) is 6.54 Å². The Morgan fingerprint density at radius 3 is 2.64 bits per heavy atom. The Labute approximate surface area is 154 Å². The molecule has 1 N–H and O–H groups in total. The van der Waals surface area contributed by atoms with Gasteiger partial charge in [-0.25, -0.2) is 0 Å². The second-order valence-electron chi connectivity index (χ2n) is 5.65. The molecule has 1 heterocycles. The number of nitrogens with one attached hydrogen (secondary N) is 1. The molecule has 0 saturated carbocycles. The highest BCUT2D eigenvalue weighted by molar-refractivity contribution is 5.85. The molecule has 0 saturated heterocycles. The maximum absolute atomic E-state index is 5.76. The van der Waals surface area contributed by atoms with E-state index in [-0.39, 0.29) is 18.4 Å². The molecule has 136 valence electrons. The molecular formula is C19H24ClNO4. The maximum atomic E-state index is 5.76. The molecule has 2 aromatic carbocycles. The van der Waals surface area contributed by atoms with Crippen molar-refractivity contribution in [2.24, 2.45) is 0 Å². The van der Waals surface area contributed by atoms with Crippen LogP contribution < -0.4 is 24.3 Å². The topological polar surface area (TPSA) is 49.0 Å². The quantitative estimate of drug-likeness (QED) is 0.844. The highest BCUT2D eigenvalue weighted by Gasteiger charge is 2.17. The lowest BCUT2D eigenvalue weighted by Crippen LogP contribution is -2.21. The van der Waals surface area contributed by atoms with Gasteiger partial charge in [-0.05, 0) is 19.1 Å². The molecule has 1 atom stereocenters. The van der Waals surface area contributed by atoms with Gasteiger partial charge in [0, 0.05) is 29.8 Å². The minimum Gasteiger partial charge on any atom is -0.497 e. The largest absolute Gasteiger partial charge is 0.497 e. The number of hydrogen-bond donors (Lipinski definition) is 1.